The number of nitrogens with zero attached hydrogens (tertiary/aromatic N) is 5. The number of rotatable bonds is 7. The molecule has 2 fully saturated rings. The van der Waals surface area contributed by atoms with Crippen LogP contribution in [-0.2, 0) is 17.8 Å². The predicted octanol–water partition coefficient (Wildman–Crippen LogP) is 4.65. The number of pyridine rings is 3. The number of piperidine rings is 1. The van der Waals surface area contributed by atoms with Crippen molar-refractivity contribution in [3.63, 3.8) is 0 Å². The molecule has 3 aromatic heterocycles. The molecule has 5 heterocycles. The van der Waals surface area contributed by atoms with Crippen molar-refractivity contribution < 1.29 is 4.74 Å². The second-order valence-corrected chi connectivity index (χ2v) is 10.7. The third kappa shape index (κ3) is 5.08. The van der Waals surface area contributed by atoms with Crippen molar-refractivity contribution in [1.29, 1.82) is 0 Å². The van der Waals surface area contributed by atoms with Crippen LogP contribution < -0.4 is 10.3 Å². The molecule has 7 heteroatoms. The van der Waals surface area contributed by atoms with Crippen LogP contribution in [0.25, 0.3) is 10.9 Å². The first-order valence-electron chi connectivity index (χ1n) is 13.6. The summed E-state index contributed by atoms with van der Waals surface area (Å²) in [6, 6.07) is 17.1. The average Bonchev–Trinajstić information content (AvgIpc) is 2.90. The topological polar surface area (TPSA) is 63.5 Å². The lowest BCUT2D eigenvalue weighted by Gasteiger charge is -2.40. The lowest BCUT2D eigenvalue weighted by molar-refractivity contribution is -0.0217. The summed E-state index contributed by atoms with van der Waals surface area (Å²) in [6.45, 7) is 8.73. The highest BCUT2D eigenvalue weighted by atomic mass is 16.5. The Kier molecular flexibility index (Phi) is 6.96. The summed E-state index contributed by atoms with van der Waals surface area (Å²) in [6.07, 6.45) is 8.15. The van der Waals surface area contributed by atoms with E-state index in [1.54, 1.807) is 0 Å². The monoisotopic (exact) mass is 509 g/mol. The van der Waals surface area contributed by atoms with Gasteiger partial charge in [0.15, 0.2) is 5.43 Å². The number of para-hydroxylation sites is 1. The van der Waals surface area contributed by atoms with E-state index in [1.165, 1.54) is 5.56 Å². The van der Waals surface area contributed by atoms with Crippen molar-refractivity contribution >= 4 is 16.6 Å². The highest BCUT2D eigenvalue weighted by Crippen LogP contribution is 2.27. The Labute approximate surface area is 223 Å². The van der Waals surface area contributed by atoms with Crippen molar-refractivity contribution in [1.82, 2.24) is 19.4 Å². The van der Waals surface area contributed by atoms with Crippen LogP contribution in [0.3, 0.4) is 0 Å². The predicted molar refractivity (Wildman–Crippen MR) is 150 cm³/mol. The van der Waals surface area contributed by atoms with Crippen molar-refractivity contribution in [2.45, 2.75) is 51.9 Å². The first-order valence-corrected chi connectivity index (χ1v) is 13.6. The van der Waals surface area contributed by atoms with Gasteiger partial charge in [-0.3, -0.25) is 19.7 Å². The maximum absolute atomic E-state index is 13.8. The summed E-state index contributed by atoms with van der Waals surface area (Å²) < 4.78 is 7.77. The van der Waals surface area contributed by atoms with Crippen molar-refractivity contribution in [3.8, 4) is 0 Å². The van der Waals surface area contributed by atoms with Crippen LogP contribution >= 0.6 is 0 Å². The van der Waals surface area contributed by atoms with Crippen molar-refractivity contribution in [2.24, 2.45) is 0 Å². The lowest BCUT2D eigenvalue weighted by Crippen LogP contribution is -2.48. The van der Waals surface area contributed by atoms with Gasteiger partial charge < -0.3 is 14.2 Å². The number of benzene rings is 1. The molecule has 4 aromatic rings. The number of aryl methyl sites for hydroxylation is 2. The first kappa shape index (κ1) is 24.8. The Morgan fingerprint density at radius 1 is 1.03 bits per heavy atom. The van der Waals surface area contributed by atoms with E-state index in [1.807, 2.05) is 50.5 Å². The van der Waals surface area contributed by atoms with Gasteiger partial charge in [-0.2, -0.15) is 0 Å². The van der Waals surface area contributed by atoms with Crippen molar-refractivity contribution in [3.05, 3.63) is 99.9 Å². The molecule has 0 saturated carbocycles. The van der Waals surface area contributed by atoms with Gasteiger partial charge >= 0.3 is 0 Å². The number of fused-ring (bicyclic) bond motifs is 1. The molecule has 0 amide bonds. The highest BCUT2D eigenvalue weighted by Gasteiger charge is 2.28. The summed E-state index contributed by atoms with van der Waals surface area (Å²) >= 11 is 0. The summed E-state index contributed by atoms with van der Waals surface area (Å²) in [5.74, 6) is 0. The van der Waals surface area contributed by atoms with E-state index in [0.717, 1.165) is 66.0 Å². The maximum Gasteiger partial charge on any atom is 0.193 e. The van der Waals surface area contributed by atoms with Gasteiger partial charge in [-0.05, 0) is 68.7 Å². The van der Waals surface area contributed by atoms with E-state index in [-0.39, 0.29) is 11.5 Å². The van der Waals surface area contributed by atoms with E-state index in [0.29, 0.717) is 25.8 Å². The van der Waals surface area contributed by atoms with E-state index >= 15 is 0 Å². The molecule has 0 aliphatic carbocycles. The van der Waals surface area contributed by atoms with Gasteiger partial charge in [0.05, 0.1) is 36.7 Å². The summed E-state index contributed by atoms with van der Waals surface area (Å²) in [7, 11) is 0. The van der Waals surface area contributed by atoms with Crippen LogP contribution in [-0.4, -0.2) is 51.8 Å². The van der Waals surface area contributed by atoms with Gasteiger partial charge in [-0.1, -0.05) is 12.1 Å². The molecule has 6 rings (SSSR count). The van der Waals surface area contributed by atoms with Gasteiger partial charge in [0.25, 0.3) is 0 Å². The van der Waals surface area contributed by atoms with Gasteiger partial charge in [0.1, 0.15) is 0 Å². The average molecular weight is 510 g/mol. The fourth-order valence-corrected chi connectivity index (χ4v) is 5.76. The Balaban J connectivity index is 1.35. The number of hydrogen-bond donors (Lipinski definition) is 0. The van der Waals surface area contributed by atoms with E-state index in [9.17, 15) is 4.79 Å². The molecule has 1 aromatic carbocycles. The van der Waals surface area contributed by atoms with E-state index in [2.05, 4.69) is 54.8 Å². The van der Waals surface area contributed by atoms with Gasteiger partial charge in [-0.25, -0.2) is 0 Å². The zero-order chi connectivity index (χ0) is 26.1. The van der Waals surface area contributed by atoms with E-state index < -0.39 is 0 Å². The number of aromatic nitrogens is 3. The van der Waals surface area contributed by atoms with Gasteiger partial charge in [0, 0.05) is 67.0 Å². The Morgan fingerprint density at radius 3 is 2.66 bits per heavy atom. The minimum atomic E-state index is 0.128. The fraction of sp³-hybridized carbons (Fsp3) is 0.387. The summed E-state index contributed by atoms with van der Waals surface area (Å²) in [5, 5.41) is 0.785. The third-order valence-corrected chi connectivity index (χ3v) is 7.92. The van der Waals surface area contributed by atoms with Crippen LogP contribution in [0.2, 0.25) is 0 Å². The van der Waals surface area contributed by atoms with Crippen molar-refractivity contribution in [2.75, 3.05) is 31.2 Å². The molecular weight excluding hydrogens is 474 g/mol. The zero-order valence-electron chi connectivity index (χ0n) is 22.2. The SMILES string of the molecule is Cc1ccc(N2CCC[C@H](N(Cc3ccnc(C)c3)Cc3cn(C4COC4)c4ccccc4c3=O)C2)cn1. The standard InChI is InChI=1S/C31H35N5O2/c1-22-9-10-26(15-33-22)34-13-5-6-27(19-34)35(16-24-11-12-32-23(2)14-24)17-25-18-36(28-20-38-21-28)30-8-4-3-7-29(30)31(25)37/h3-4,7-12,14-15,18,27-28H,5-6,13,16-17,19-21H2,1-2H3/t27-/m0/s1. The summed E-state index contributed by atoms with van der Waals surface area (Å²) in [5.41, 5.74) is 6.39. The molecule has 38 heavy (non-hydrogen) atoms. The molecular formula is C31H35N5O2. The minimum Gasteiger partial charge on any atom is -0.377 e. The first-order chi connectivity index (χ1) is 18.5. The van der Waals surface area contributed by atoms with E-state index in [4.69, 9.17) is 4.74 Å². The van der Waals surface area contributed by atoms with Gasteiger partial charge in [0.2, 0.25) is 0 Å². The van der Waals surface area contributed by atoms with Crippen LogP contribution in [0, 0.1) is 13.8 Å². The van der Waals surface area contributed by atoms with Crippen LogP contribution in [0.15, 0.2) is 71.9 Å². The fourth-order valence-electron chi connectivity index (χ4n) is 5.76. The lowest BCUT2D eigenvalue weighted by atomic mass is 10.0. The second kappa shape index (κ2) is 10.7. The molecule has 0 unspecified atom stereocenters. The molecule has 7 nitrogen and oxygen atoms in total. The van der Waals surface area contributed by atoms with Gasteiger partial charge in [-0.15, -0.1) is 0 Å². The quantitative estimate of drug-likeness (QED) is 0.361. The maximum atomic E-state index is 13.8. The number of anilines is 1. The Bertz CT molecular complexity index is 1480. The third-order valence-electron chi connectivity index (χ3n) is 7.92. The molecule has 2 aliphatic heterocycles. The van der Waals surface area contributed by atoms with Crippen LogP contribution in [0.4, 0.5) is 5.69 Å². The molecule has 0 spiro atoms. The van der Waals surface area contributed by atoms with Crippen LogP contribution in [0.1, 0.15) is 41.4 Å². The molecule has 0 N–H and O–H groups in total. The molecule has 0 bridgehead atoms. The largest absolute Gasteiger partial charge is 0.377 e. The Hall–Kier alpha value is -3.55. The normalized spacial score (nSPS) is 18.2. The second-order valence-electron chi connectivity index (χ2n) is 10.7. The molecule has 2 aliphatic rings. The molecule has 0 radical (unpaired) electrons. The Morgan fingerprint density at radius 2 is 1.89 bits per heavy atom. The molecule has 196 valence electrons. The van der Waals surface area contributed by atoms with Crippen LogP contribution in [0.5, 0.6) is 0 Å². The summed E-state index contributed by atoms with van der Waals surface area (Å²) in [4.78, 5) is 27.6. The smallest absolute Gasteiger partial charge is 0.193 e. The minimum absolute atomic E-state index is 0.128. The molecule has 2 saturated heterocycles. The highest BCUT2D eigenvalue weighted by molar-refractivity contribution is 5.79. The molecule has 1 atom stereocenters. The zero-order valence-corrected chi connectivity index (χ0v) is 22.2. The number of hydrogen-bond acceptors (Lipinski definition) is 6. The number of ether oxygens (including phenoxy) is 1.